The van der Waals surface area contributed by atoms with Gasteiger partial charge in [-0.3, -0.25) is 4.79 Å². The molecule has 0 bridgehead atoms. The van der Waals surface area contributed by atoms with Gasteiger partial charge in [-0.15, -0.1) is 0 Å². The van der Waals surface area contributed by atoms with Gasteiger partial charge < -0.3 is 20.7 Å². The highest BCUT2D eigenvalue weighted by atomic mass is 17.1. The van der Waals surface area contributed by atoms with Crippen LogP contribution in [0.5, 0.6) is 11.5 Å². The number of nitrogens with two attached hydrogens (primary N) is 1. The van der Waals surface area contributed by atoms with E-state index in [1.807, 2.05) is 6.92 Å². The minimum absolute atomic E-state index is 0.152. The van der Waals surface area contributed by atoms with Crippen molar-refractivity contribution in [2.24, 2.45) is 5.73 Å². The predicted octanol–water partition coefficient (Wildman–Crippen LogP) is 1.32. The molecule has 1 amide bonds. The van der Waals surface area contributed by atoms with Crippen molar-refractivity contribution < 1.29 is 19.7 Å². The molecule has 0 saturated heterocycles. The third kappa shape index (κ3) is 2.48. The maximum absolute atomic E-state index is 10.9. The van der Waals surface area contributed by atoms with E-state index in [1.54, 1.807) is 12.1 Å². The number of anilines is 1. The van der Waals surface area contributed by atoms with Gasteiger partial charge in [0.15, 0.2) is 5.75 Å². The van der Waals surface area contributed by atoms with Crippen LogP contribution in [0.1, 0.15) is 24.8 Å². The first kappa shape index (κ1) is 12.5. The monoisotopic (exact) mass is 252 g/mol. The van der Waals surface area contributed by atoms with Crippen LogP contribution in [0, 0.1) is 0 Å². The summed E-state index contributed by atoms with van der Waals surface area (Å²) in [6, 6.07) is 3.42. The lowest BCUT2D eigenvalue weighted by Crippen LogP contribution is -2.19. The number of fused-ring (bicyclic) bond motifs is 1. The minimum Gasteiger partial charge on any atom is -0.490 e. The largest absolute Gasteiger partial charge is 0.490 e. The van der Waals surface area contributed by atoms with Gasteiger partial charge in [0.2, 0.25) is 5.91 Å². The van der Waals surface area contributed by atoms with E-state index in [0.717, 1.165) is 5.69 Å². The Balaban J connectivity index is 2.35. The van der Waals surface area contributed by atoms with Gasteiger partial charge in [-0.1, -0.05) is 6.92 Å². The molecule has 6 nitrogen and oxygen atoms in total. The van der Waals surface area contributed by atoms with Gasteiger partial charge in [0.25, 0.3) is 0 Å². The van der Waals surface area contributed by atoms with Crippen molar-refractivity contribution in [3.8, 4) is 11.5 Å². The number of amides is 1. The zero-order valence-electron chi connectivity index (χ0n) is 10.1. The first-order chi connectivity index (χ1) is 8.61. The molecule has 0 radical (unpaired) electrons. The zero-order chi connectivity index (χ0) is 13.1. The van der Waals surface area contributed by atoms with Gasteiger partial charge in [-0.05, 0) is 12.0 Å². The summed E-state index contributed by atoms with van der Waals surface area (Å²) in [5, 5.41) is 12.1. The Labute approximate surface area is 105 Å². The topological polar surface area (TPSA) is 93.8 Å². The molecule has 1 heterocycles. The van der Waals surface area contributed by atoms with E-state index in [4.69, 9.17) is 15.7 Å². The summed E-state index contributed by atoms with van der Waals surface area (Å²) >= 11 is 0. The number of ether oxygens (including phenoxy) is 1. The van der Waals surface area contributed by atoms with E-state index in [1.165, 1.54) is 0 Å². The number of nitrogens with one attached hydrogen (secondary N) is 1. The Bertz CT molecular complexity index is 462. The lowest BCUT2D eigenvalue weighted by molar-refractivity contribution is -0.138. The fourth-order valence-electron chi connectivity index (χ4n) is 2.06. The van der Waals surface area contributed by atoms with Crippen molar-refractivity contribution in [1.82, 2.24) is 0 Å². The minimum atomic E-state index is -0.400. The molecular formula is C12H16N2O4. The Morgan fingerprint density at radius 2 is 2.44 bits per heavy atom. The normalized spacial score (nSPS) is 15.0. The van der Waals surface area contributed by atoms with Gasteiger partial charge in [0, 0.05) is 24.6 Å². The second-order valence-electron chi connectivity index (χ2n) is 4.32. The standard InChI is InChI=1S/C12H16N2O4/c1-7(4-12(13)15)8-5-11-9(6-10(8)18-16)14-2-3-17-11/h5-7,14,16H,2-4H2,1H3,(H2,13,15). The average Bonchev–Trinajstić information content (AvgIpc) is 2.36. The molecule has 98 valence electrons. The van der Waals surface area contributed by atoms with Crippen LogP contribution in [0.2, 0.25) is 0 Å². The van der Waals surface area contributed by atoms with Crippen molar-refractivity contribution >= 4 is 11.6 Å². The number of rotatable bonds is 4. The molecule has 6 heteroatoms. The first-order valence-electron chi connectivity index (χ1n) is 5.76. The van der Waals surface area contributed by atoms with Crippen LogP contribution >= 0.6 is 0 Å². The number of primary amides is 1. The molecule has 1 aromatic carbocycles. The summed E-state index contributed by atoms with van der Waals surface area (Å²) in [4.78, 5) is 15.3. The van der Waals surface area contributed by atoms with E-state index < -0.39 is 5.91 Å². The van der Waals surface area contributed by atoms with Crippen LogP contribution in [-0.2, 0) is 4.79 Å². The quantitative estimate of drug-likeness (QED) is 0.555. The Morgan fingerprint density at radius 1 is 1.67 bits per heavy atom. The summed E-state index contributed by atoms with van der Waals surface area (Å²) in [6.07, 6.45) is 0.183. The van der Waals surface area contributed by atoms with Crippen LogP contribution in [0.25, 0.3) is 0 Å². The molecular weight excluding hydrogens is 236 g/mol. The fourth-order valence-corrected chi connectivity index (χ4v) is 2.06. The van der Waals surface area contributed by atoms with E-state index in [2.05, 4.69) is 10.2 Å². The van der Waals surface area contributed by atoms with Crippen LogP contribution < -0.4 is 20.7 Å². The summed E-state index contributed by atoms with van der Waals surface area (Å²) in [6.45, 7) is 3.12. The van der Waals surface area contributed by atoms with Crippen LogP contribution in [-0.4, -0.2) is 24.3 Å². The van der Waals surface area contributed by atoms with Crippen molar-refractivity contribution in [2.45, 2.75) is 19.3 Å². The third-order valence-electron chi connectivity index (χ3n) is 2.92. The molecule has 1 aliphatic rings. The summed E-state index contributed by atoms with van der Waals surface area (Å²) in [5.41, 5.74) is 6.63. The van der Waals surface area contributed by atoms with E-state index in [-0.39, 0.29) is 12.3 Å². The summed E-state index contributed by atoms with van der Waals surface area (Å²) in [5.74, 6) is 0.442. The molecule has 0 aromatic heterocycles. The van der Waals surface area contributed by atoms with Gasteiger partial charge in [0.1, 0.15) is 12.4 Å². The van der Waals surface area contributed by atoms with Gasteiger partial charge in [0.05, 0.1) is 5.69 Å². The lowest BCUT2D eigenvalue weighted by Gasteiger charge is -2.22. The van der Waals surface area contributed by atoms with Crippen molar-refractivity contribution in [1.29, 1.82) is 0 Å². The highest BCUT2D eigenvalue weighted by Crippen LogP contribution is 2.38. The van der Waals surface area contributed by atoms with Gasteiger partial charge in [-0.2, -0.15) is 0 Å². The highest BCUT2D eigenvalue weighted by Gasteiger charge is 2.20. The molecule has 18 heavy (non-hydrogen) atoms. The molecule has 2 rings (SSSR count). The maximum atomic E-state index is 10.9. The number of carbonyl (C=O) groups excluding carboxylic acids is 1. The lowest BCUT2D eigenvalue weighted by atomic mass is 9.95. The van der Waals surface area contributed by atoms with E-state index >= 15 is 0 Å². The molecule has 1 atom stereocenters. The smallest absolute Gasteiger partial charge is 0.218 e. The summed E-state index contributed by atoms with van der Waals surface area (Å²) in [7, 11) is 0. The number of hydrogen-bond donors (Lipinski definition) is 3. The molecule has 0 saturated carbocycles. The highest BCUT2D eigenvalue weighted by molar-refractivity contribution is 5.75. The second kappa shape index (κ2) is 5.14. The third-order valence-corrected chi connectivity index (χ3v) is 2.92. The Hall–Kier alpha value is -1.95. The van der Waals surface area contributed by atoms with Gasteiger partial charge >= 0.3 is 0 Å². The van der Waals surface area contributed by atoms with Crippen molar-refractivity contribution in [2.75, 3.05) is 18.5 Å². The molecule has 1 aromatic rings. The maximum Gasteiger partial charge on any atom is 0.218 e. The van der Waals surface area contributed by atoms with Crippen molar-refractivity contribution in [3.63, 3.8) is 0 Å². The van der Waals surface area contributed by atoms with Crippen LogP contribution in [0.15, 0.2) is 12.1 Å². The zero-order valence-corrected chi connectivity index (χ0v) is 10.1. The fraction of sp³-hybridized carbons (Fsp3) is 0.417. The van der Waals surface area contributed by atoms with Crippen LogP contribution in [0.3, 0.4) is 0 Å². The molecule has 1 aliphatic heterocycles. The first-order valence-corrected chi connectivity index (χ1v) is 5.76. The average molecular weight is 252 g/mol. The Kier molecular flexibility index (Phi) is 3.57. The molecule has 1 unspecified atom stereocenters. The number of benzene rings is 1. The SMILES string of the molecule is CC(CC(N)=O)c1cc2c(cc1OO)NCCO2. The van der Waals surface area contributed by atoms with Crippen LogP contribution in [0.4, 0.5) is 5.69 Å². The van der Waals surface area contributed by atoms with Crippen molar-refractivity contribution in [3.05, 3.63) is 17.7 Å². The second-order valence-corrected chi connectivity index (χ2v) is 4.32. The summed E-state index contributed by atoms with van der Waals surface area (Å²) < 4.78 is 5.50. The number of carbonyl (C=O) groups is 1. The molecule has 0 aliphatic carbocycles. The molecule has 0 spiro atoms. The molecule has 4 N–H and O–H groups in total. The molecule has 0 fully saturated rings. The number of hydrogen-bond acceptors (Lipinski definition) is 5. The van der Waals surface area contributed by atoms with Gasteiger partial charge in [-0.25, -0.2) is 5.26 Å². The Morgan fingerprint density at radius 3 is 3.11 bits per heavy atom. The van der Waals surface area contributed by atoms with E-state index in [0.29, 0.717) is 30.2 Å². The predicted molar refractivity (Wildman–Crippen MR) is 65.9 cm³/mol. The van der Waals surface area contributed by atoms with E-state index in [9.17, 15) is 4.79 Å².